The Labute approximate surface area is 162 Å². The molecule has 3 aromatic rings. The third-order valence-electron chi connectivity index (χ3n) is 3.71. The molecule has 0 atom stereocenters. The molecule has 0 spiro atoms. The maximum absolute atomic E-state index is 6.19. The average Bonchev–Trinajstić information content (AvgIpc) is 2.62. The number of anilines is 1. The van der Waals surface area contributed by atoms with Crippen molar-refractivity contribution in [1.29, 1.82) is 0 Å². The zero-order valence-corrected chi connectivity index (χ0v) is 15.6. The molecule has 0 saturated heterocycles. The first kappa shape index (κ1) is 17.7. The Bertz CT molecular complexity index is 882. The van der Waals surface area contributed by atoms with Gasteiger partial charge in [0.25, 0.3) is 0 Å². The SMILES string of the molecule is S=C(NCc1ccc(Cl)cc1Cl)Nc1ccccc1-c1ccccc1. The second-order valence-electron chi connectivity index (χ2n) is 5.46. The van der Waals surface area contributed by atoms with Crippen LogP contribution in [0.2, 0.25) is 10.0 Å². The fraction of sp³-hybridized carbons (Fsp3) is 0.0500. The second-order valence-corrected chi connectivity index (χ2v) is 6.71. The van der Waals surface area contributed by atoms with Gasteiger partial charge in [-0.1, -0.05) is 77.8 Å². The Morgan fingerprint density at radius 1 is 0.880 bits per heavy atom. The van der Waals surface area contributed by atoms with E-state index in [4.69, 9.17) is 35.4 Å². The number of hydrogen-bond acceptors (Lipinski definition) is 1. The molecule has 0 aliphatic carbocycles. The summed E-state index contributed by atoms with van der Waals surface area (Å²) in [6, 6.07) is 23.7. The smallest absolute Gasteiger partial charge is 0.171 e. The van der Waals surface area contributed by atoms with Gasteiger partial charge in [0, 0.05) is 27.8 Å². The summed E-state index contributed by atoms with van der Waals surface area (Å²) in [4.78, 5) is 0. The van der Waals surface area contributed by atoms with Crippen molar-refractivity contribution >= 4 is 46.2 Å². The molecule has 2 nitrogen and oxygen atoms in total. The Balaban J connectivity index is 1.69. The topological polar surface area (TPSA) is 24.1 Å². The molecule has 0 bridgehead atoms. The molecule has 5 heteroatoms. The van der Waals surface area contributed by atoms with Gasteiger partial charge >= 0.3 is 0 Å². The van der Waals surface area contributed by atoms with Crippen molar-refractivity contribution in [1.82, 2.24) is 5.32 Å². The molecule has 25 heavy (non-hydrogen) atoms. The molecule has 0 aliphatic rings. The predicted octanol–water partition coefficient (Wildman–Crippen LogP) is 6.15. The van der Waals surface area contributed by atoms with E-state index in [9.17, 15) is 0 Å². The fourth-order valence-corrected chi connectivity index (χ4v) is 3.13. The molecular weight excluding hydrogens is 371 g/mol. The Morgan fingerprint density at radius 2 is 1.60 bits per heavy atom. The lowest BCUT2D eigenvalue weighted by Crippen LogP contribution is -2.28. The standard InChI is InChI=1S/C20H16Cl2N2S/c21-16-11-10-15(18(22)12-16)13-23-20(25)24-19-9-5-4-8-17(19)14-6-2-1-3-7-14/h1-12H,13H2,(H2,23,24,25). The van der Waals surface area contributed by atoms with Gasteiger partial charge in [-0.2, -0.15) is 0 Å². The summed E-state index contributed by atoms with van der Waals surface area (Å²) in [7, 11) is 0. The summed E-state index contributed by atoms with van der Waals surface area (Å²) in [6.07, 6.45) is 0. The van der Waals surface area contributed by atoms with Crippen molar-refractivity contribution in [2.75, 3.05) is 5.32 Å². The van der Waals surface area contributed by atoms with Crippen LogP contribution in [0.1, 0.15) is 5.56 Å². The number of benzene rings is 3. The summed E-state index contributed by atoms with van der Waals surface area (Å²) in [6.45, 7) is 0.523. The van der Waals surface area contributed by atoms with E-state index >= 15 is 0 Å². The zero-order valence-electron chi connectivity index (χ0n) is 13.3. The molecule has 2 N–H and O–H groups in total. The van der Waals surface area contributed by atoms with Gasteiger partial charge < -0.3 is 10.6 Å². The lowest BCUT2D eigenvalue weighted by atomic mass is 10.0. The van der Waals surface area contributed by atoms with E-state index in [0.29, 0.717) is 21.7 Å². The van der Waals surface area contributed by atoms with Crippen molar-refractivity contribution in [3.63, 3.8) is 0 Å². The quantitative estimate of drug-likeness (QED) is 0.526. The molecule has 0 heterocycles. The van der Waals surface area contributed by atoms with Crippen LogP contribution in [0.3, 0.4) is 0 Å². The van der Waals surface area contributed by atoms with Crippen molar-refractivity contribution in [2.24, 2.45) is 0 Å². The van der Waals surface area contributed by atoms with Crippen LogP contribution in [0.4, 0.5) is 5.69 Å². The molecule has 0 fully saturated rings. The van der Waals surface area contributed by atoms with Crippen LogP contribution in [0.25, 0.3) is 11.1 Å². The zero-order chi connectivity index (χ0) is 17.6. The van der Waals surface area contributed by atoms with Crippen LogP contribution in [0.5, 0.6) is 0 Å². The minimum Gasteiger partial charge on any atom is -0.358 e. The largest absolute Gasteiger partial charge is 0.358 e. The molecule has 126 valence electrons. The molecular formula is C20H16Cl2N2S. The minimum absolute atomic E-state index is 0.523. The lowest BCUT2D eigenvalue weighted by molar-refractivity contribution is 0.926. The number of hydrogen-bond donors (Lipinski definition) is 2. The monoisotopic (exact) mass is 386 g/mol. The summed E-state index contributed by atoms with van der Waals surface area (Å²) >= 11 is 17.5. The number of para-hydroxylation sites is 1. The first-order valence-electron chi connectivity index (χ1n) is 7.77. The molecule has 3 aromatic carbocycles. The van der Waals surface area contributed by atoms with Gasteiger partial charge in [0.2, 0.25) is 0 Å². The van der Waals surface area contributed by atoms with Crippen molar-refractivity contribution in [2.45, 2.75) is 6.54 Å². The van der Waals surface area contributed by atoms with Gasteiger partial charge in [-0.05, 0) is 41.5 Å². The fourth-order valence-electron chi connectivity index (χ4n) is 2.47. The highest BCUT2D eigenvalue weighted by Crippen LogP contribution is 2.27. The van der Waals surface area contributed by atoms with E-state index in [2.05, 4.69) is 28.8 Å². The maximum atomic E-state index is 6.19. The molecule has 0 aliphatic heterocycles. The van der Waals surface area contributed by atoms with Crippen LogP contribution in [-0.2, 0) is 6.54 Å². The number of rotatable bonds is 4. The normalized spacial score (nSPS) is 10.3. The molecule has 3 rings (SSSR count). The van der Waals surface area contributed by atoms with Crippen LogP contribution in [-0.4, -0.2) is 5.11 Å². The van der Waals surface area contributed by atoms with Crippen molar-refractivity contribution in [3.8, 4) is 11.1 Å². The van der Waals surface area contributed by atoms with Crippen LogP contribution in [0, 0.1) is 0 Å². The van der Waals surface area contributed by atoms with E-state index in [0.717, 1.165) is 22.4 Å². The first-order chi connectivity index (χ1) is 12.1. The molecule has 0 aromatic heterocycles. The maximum Gasteiger partial charge on any atom is 0.171 e. The van der Waals surface area contributed by atoms with Crippen LogP contribution in [0.15, 0.2) is 72.8 Å². The third-order valence-corrected chi connectivity index (χ3v) is 4.55. The lowest BCUT2D eigenvalue weighted by Gasteiger charge is -2.15. The van der Waals surface area contributed by atoms with E-state index in [1.54, 1.807) is 6.07 Å². The summed E-state index contributed by atoms with van der Waals surface area (Å²) < 4.78 is 0. The highest BCUT2D eigenvalue weighted by molar-refractivity contribution is 7.80. The van der Waals surface area contributed by atoms with Crippen LogP contribution < -0.4 is 10.6 Å². The second kappa shape index (κ2) is 8.34. The highest BCUT2D eigenvalue weighted by atomic mass is 35.5. The van der Waals surface area contributed by atoms with Crippen molar-refractivity contribution < 1.29 is 0 Å². The molecule has 0 saturated carbocycles. The van der Waals surface area contributed by atoms with E-state index < -0.39 is 0 Å². The van der Waals surface area contributed by atoms with Crippen molar-refractivity contribution in [3.05, 3.63) is 88.4 Å². The van der Waals surface area contributed by atoms with E-state index in [1.165, 1.54) is 0 Å². The minimum atomic E-state index is 0.523. The Hall–Kier alpha value is -2.07. The highest BCUT2D eigenvalue weighted by Gasteiger charge is 2.07. The Morgan fingerprint density at radius 3 is 2.36 bits per heavy atom. The average molecular weight is 387 g/mol. The van der Waals surface area contributed by atoms with Gasteiger partial charge in [0.15, 0.2) is 5.11 Å². The number of thiocarbonyl (C=S) groups is 1. The first-order valence-corrected chi connectivity index (χ1v) is 8.93. The van der Waals surface area contributed by atoms with Gasteiger partial charge in [0.05, 0.1) is 0 Å². The summed E-state index contributed by atoms with van der Waals surface area (Å²) in [5.41, 5.74) is 4.12. The van der Waals surface area contributed by atoms with Crippen LogP contribution >= 0.6 is 35.4 Å². The van der Waals surface area contributed by atoms with Gasteiger partial charge in [-0.3, -0.25) is 0 Å². The van der Waals surface area contributed by atoms with Gasteiger partial charge in [-0.25, -0.2) is 0 Å². The Kier molecular flexibility index (Phi) is 5.92. The predicted molar refractivity (Wildman–Crippen MR) is 111 cm³/mol. The number of halogens is 2. The summed E-state index contributed by atoms with van der Waals surface area (Å²) in [5, 5.41) is 8.21. The summed E-state index contributed by atoms with van der Waals surface area (Å²) in [5.74, 6) is 0. The molecule has 0 radical (unpaired) electrons. The van der Waals surface area contributed by atoms with E-state index in [1.807, 2.05) is 48.5 Å². The van der Waals surface area contributed by atoms with Gasteiger partial charge in [0.1, 0.15) is 0 Å². The van der Waals surface area contributed by atoms with E-state index in [-0.39, 0.29) is 0 Å². The molecule has 0 unspecified atom stereocenters. The third kappa shape index (κ3) is 4.73. The molecule has 0 amide bonds. The van der Waals surface area contributed by atoms with Gasteiger partial charge in [-0.15, -0.1) is 0 Å². The number of nitrogens with one attached hydrogen (secondary N) is 2.